The van der Waals surface area contributed by atoms with E-state index < -0.39 is 0 Å². The molecule has 0 spiro atoms. The zero-order valence-corrected chi connectivity index (χ0v) is 8.28. The first-order valence-corrected chi connectivity index (χ1v) is 4.18. The van der Waals surface area contributed by atoms with E-state index in [1.807, 2.05) is 27.7 Å². The van der Waals surface area contributed by atoms with Crippen LogP contribution in [0.3, 0.4) is 0 Å². The van der Waals surface area contributed by atoms with Crippen LogP contribution in [0.2, 0.25) is 0 Å². The fourth-order valence-corrected chi connectivity index (χ4v) is 0.494. The van der Waals surface area contributed by atoms with Crippen LogP contribution in [0.5, 0.6) is 0 Å². The van der Waals surface area contributed by atoms with E-state index >= 15 is 0 Å². The molecule has 0 atom stereocenters. The van der Waals surface area contributed by atoms with Crippen molar-refractivity contribution in [3.63, 3.8) is 0 Å². The lowest BCUT2D eigenvalue weighted by Gasteiger charge is -1.97. The van der Waals surface area contributed by atoms with Crippen molar-refractivity contribution in [2.75, 3.05) is 0 Å². The molecular formula is C10H21N. The Labute approximate surface area is 71.0 Å². The average molecular weight is 155 g/mol. The van der Waals surface area contributed by atoms with E-state index in [9.17, 15) is 0 Å². The van der Waals surface area contributed by atoms with Crippen LogP contribution < -0.4 is 5.73 Å². The summed E-state index contributed by atoms with van der Waals surface area (Å²) in [6, 6.07) is 0. The summed E-state index contributed by atoms with van der Waals surface area (Å²) in [6.07, 6.45) is 3.76. The predicted octanol–water partition coefficient (Wildman–Crippen LogP) is 3.23. The lowest BCUT2D eigenvalue weighted by Crippen LogP contribution is -1.85. The molecule has 0 saturated heterocycles. The van der Waals surface area contributed by atoms with Crippen LogP contribution in [-0.4, -0.2) is 0 Å². The van der Waals surface area contributed by atoms with Crippen molar-refractivity contribution in [1.82, 2.24) is 0 Å². The Morgan fingerprint density at radius 1 is 1.27 bits per heavy atom. The van der Waals surface area contributed by atoms with Crippen molar-refractivity contribution < 1.29 is 0 Å². The summed E-state index contributed by atoms with van der Waals surface area (Å²) in [6.45, 7) is 11.9. The molecule has 11 heavy (non-hydrogen) atoms. The summed E-state index contributed by atoms with van der Waals surface area (Å²) in [4.78, 5) is 0. The molecule has 66 valence electrons. The monoisotopic (exact) mass is 155 g/mol. The first kappa shape index (κ1) is 12.9. The number of allylic oxidation sites excluding steroid dienone is 2. The van der Waals surface area contributed by atoms with Crippen LogP contribution >= 0.6 is 0 Å². The molecule has 0 aromatic rings. The van der Waals surface area contributed by atoms with Gasteiger partial charge in [-0.15, -0.1) is 6.58 Å². The fraction of sp³-hybridized carbons (Fsp3) is 0.600. The highest BCUT2D eigenvalue weighted by molar-refractivity contribution is 4.99. The highest BCUT2D eigenvalue weighted by atomic mass is 14.5. The van der Waals surface area contributed by atoms with Gasteiger partial charge in [-0.2, -0.15) is 0 Å². The minimum Gasteiger partial charge on any atom is -0.405 e. The first-order chi connectivity index (χ1) is 5.16. The topological polar surface area (TPSA) is 26.0 Å². The lowest BCUT2D eigenvalue weighted by atomic mass is 10.1. The number of hydrogen-bond donors (Lipinski definition) is 1. The molecule has 0 heterocycles. The second kappa shape index (κ2) is 9.28. The number of hydrogen-bond acceptors (Lipinski definition) is 1. The van der Waals surface area contributed by atoms with Gasteiger partial charge in [-0.3, -0.25) is 0 Å². The van der Waals surface area contributed by atoms with Crippen LogP contribution in [0, 0.1) is 0 Å². The van der Waals surface area contributed by atoms with Gasteiger partial charge >= 0.3 is 0 Å². The smallest absolute Gasteiger partial charge is 0.00732 e. The van der Waals surface area contributed by atoms with Crippen molar-refractivity contribution >= 4 is 0 Å². The van der Waals surface area contributed by atoms with Crippen molar-refractivity contribution in [1.29, 1.82) is 0 Å². The molecule has 0 aliphatic rings. The van der Waals surface area contributed by atoms with Gasteiger partial charge in [-0.05, 0) is 32.9 Å². The molecule has 0 unspecified atom stereocenters. The Hall–Kier alpha value is -0.720. The fourth-order valence-electron chi connectivity index (χ4n) is 0.494. The minimum atomic E-state index is 1.05. The number of nitrogens with two attached hydrogens (primary N) is 1. The molecular weight excluding hydrogens is 134 g/mol. The van der Waals surface area contributed by atoms with Gasteiger partial charge < -0.3 is 5.73 Å². The molecule has 1 heteroatoms. The summed E-state index contributed by atoms with van der Waals surface area (Å²) >= 11 is 0. The third-order valence-corrected chi connectivity index (χ3v) is 1.23. The standard InChI is InChI=1S/C8H15N.C2H6/c1-7(2)4-5-8(3)6-9;1-2/h6H,1,4-5,9H2,2-3H3;1-2H3/b8-6-;. The van der Waals surface area contributed by atoms with E-state index in [0.717, 1.165) is 12.8 Å². The summed E-state index contributed by atoms with van der Waals surface area (Å²) in [7, 11) is 0. The molecule has 0 bridgehead atoms. The maximum absolute atomic E-state index is 5.27. The van der Waals surface area contributed by atoms with Gasteiger partial charge in [0.05, 0.1) is 0 Å². The second-order valence-corrected chi connectivity index (χ2v) is 2.47. The molecule has 0 aromatic carbocycles. The summed E-state index contributed by atoms with van der Waals surface area (Å²) in [5.41, 5.74) is 7.72. The van der Waals surface area contributed by atoms with Crippen LogP contribution in [0.4, 0.5) is 0 Å². The molecule has 0 aliphatic carbocycles. The molecule has 0 saturated carbocycles. The van der Waals surface area contributed by atoms with E-state index in [0.29, 0.717) is 0 Å². The summed E-state index contributed by atoms with van der Waals surface area (Å²) in [5, 5.41) is 0. The Morgan fingerprint density at radius 3 is 2.00 bits per heavy atom. The van der Waals surface area contributed by atoms with Crippen LogP contribution in [0.1, 0.15) is 40.5 Å². The van der Waals surface area contributed by atoms with Gasteiger partial charge in [0.25, 0.3) is 0 Å². The normalized spacial score (nSPS) is 10.0. The second-order valence-electron chi connectivity index (χ2n) is 2.47. The maximum Gasteiger partial charge on any atom is -0.00732 e. The highest BCUT2D eigenvalue weighted by Gasteiger charge is 1.88. The molecule has 0 amide bonds. The maximum atomic E-state index is 5.27. The van der Waals surface area contributed by atoms with Gasteiger partial charge in [-0.25, -0.2) is 0 Å². The van der Waals surface area contributed by atoms with E-state index in [1.165, 1.54) is 11.1 Å². The van der Waals surface area contributed by atoms with E-state index in [4.69, 9.17) is 5.73 Å². The van der Waals surface area contributed by atoms with Crippen molar-refractivity contribution in [3.8, 4) is 0 Å². The third-order valence-electron chi connectivity index (χ3n) is 1.23. The molecule has 0 rings (SSSR count). The van der Waals surface area contributed by atoms with Crippen LogP contribution in [0.25, 0.3) is 0 Å². The van der Waals surface area contributed by atoms with E-state index in [-0.39, 0.29) is 0 Å². The average Bonchev–Trinajstić information content (AvgIpc) is 2.04. The Balaban J connectivity index is 0. The molecule has 2 N–H and O–H groups in total. The molecule has 0 fully saturated rings. The van der Waals surface area contributed by atoms with Crippen molar-refractivity contribution in [3.05, 3.63) is 23.9 Å². The van der Waals surface area contributed by atoms with E-state index in [1.54, 1.807) is 6.20 Å². The molecule has 0 aromatic heterocycles. The highest BCUT2D eigenvalue weighted by Crippen LogP contribution is 2.06. The molecule has 0 aliphatic heterocycles. The summed E-state index contributed by atoms with van der Waals surface area (Å²) in [5.74, 6) is 0. The largest absolute Gasteiger partial charge is 0.405 e. The van der Waals surface area contributed by atoms with Crippen molar-refractivity contribution in [2.24, 2.45) is 5.73 Å². The van der Waals surface area contributed by atoms with Gasteiger partial charge in [0.1, 0.15) is 0 Å². The summed E-state index contributed by atoms with van der Waals surface area (Å²) < 4.78 is 0. The lowest BCUT2D eigenvalue weighted by molar-refractivity contribution is 0.924. The zero-order chi connectivity index (χ0) is 9.28. The first-order valence-electron chi connectivity index (χ1n) is 4.18. The van der Waals surface area contributed by atoms with Gasteiger partial charge in [0.2, 0.25) is 0 Å². The number of rotatable bonds is 3. The van der Waals surface area contributed by atoms with Gasteiger partial charge in [0, 0.05) is 0 Å². The van der Waals surface area contributed by atoms with E-state index in [2.05, 4.69) is 6.58 Å². The minimum absolute atomic E-state index is 1.05. The van der Waals surface area contributed by atoms with Gasteiger partial charge in [-0.1, -0.05) is 25.0 Å². The van der Waals surface area contributed by atoms with Crippen LogP contribution in [-0.2, 0) is 0 Å². The predicted molar refractivity (Wildman–Crippen MR) is 53.3 cm³/mol. The Bertz CT molecular complexity index is 123. The van der Waals surface area contributed by atoms with Crippen LogP contribution in [0.15, 0.2) is 23.9 Å². The Morgan fingerprint density at radius 2 is 1.73 bits per heavy atom. The molecule has 1 nitrogen and oxygen atoms in total. The van der Waals surface area contributed by atoms with Gasteiger partial charge in [0.15, 0.2) is 0 Å². The Kier molecular flexibility index (Phi) is 10.9. The van der Waals surface area contributed by atoms with Crippen molar-refractivity contribution in [2.45, 2.75) is 40.5 Å². The zero-order valence-electron chi connectivity index (χ0n) is 8.28. The quantitative estimate of drug-likeness (QED) is 0.622. The third kappa shape index (κ3) is 12.5. The SMILES string of the molecule is C=C(C)CC/C(C)=C\N.CC. The molecule has 0 radical (unpaired) electrons.